The molecule has 0 bridgehead atoms. The van der Waals surface area contributed by atoms with Crippen LogP contribution in [0.3, 0.4) is 0 Å². The summed E-state index contributed by atoms with van der Waals surface area (Å²) in [5.41, 5.74) is -0.0942. The molecule has 0 aromatic rings. The van der Waals surface area contributed by atoms with Gasteiger partial charge in [0, 0.05) is 18.6 Å². The number of hydrogen-bond acceptors (Lipinski definition) is 3. The Hall–Kier alpha value is -0.120. The van der Waals surface area contributed by atoms with E-state index >= 15 is 0 Å². The maximum Gasteiger partial charge on any atom is 0.0610 e. The number of nitrogens with zero attached hydrogens (tertiary/aromatic N) is 1. The van der Waals surface area contributed by atoms with Crippen molar-refractivity contribution in [2.45, 2.75) is 58.9 Å². The molecule has 3 heteroatoms. The molecule has 1 fully saturated rings. The van der Waals surface area contributed by atoms with Crippen molar-refractivity contribution in [2.24, 2.45) is 11.8 Å². The maximum atomic E-state index is 9.56. The van der Waals surface area contributed by atoms with Crippen LogP contribution in [0.15, 0.2) is 0 Å². The van der Waals surface area contributed by atoms with Crippen LogP contribution in [0.1, 0.15) is 53.4 Å². The van der Waals surface area contributed by atoms with Gasteiger partial charge in [-0.3, -0.25) is 0 Å². The molecule has 1 rings (SSSR count). The van der Waals surface area contributed by atoms with Gasteiger partial charge in [-0.1, -0.05) is 20.8 Å². The molecule has 1 aliphatic heterocycles. The third-order valence-corrected chi connectivity index (χ3v) is 4.30. The minimum absolute atomic E-state index is 0.0942. The normalized spacial score (nSPS) is 28.3. The van der Waals surface area contributed by atoms with Crippen LogP contribution in [0.2, 0.25) is 0 Å². The van der Waals surface area contributed by atoms with Gasteiger partial charge in [-0.15, -0.1) is 0 Å². The number of likely N-dealkylation sites (tertiary alicyclic amines) is 1. The van der Waals surface area contributed by atoms with Crippen LogP contribution >= 0.6 is 0 Å². The zero-order valence-corrected chi connectivity index (χ0v) is 13.4. The van der Waals surface area contributed by atoms with E-state index in [-0.39, 0.29) is 12.1 Å². The minimum Gasteiger partial charge on any atom is -0.394 e. The van der Waals surface area contributed by atoms with Crippen LogP contribution in [-0.2, 0) is 0 Å². The molecule has 114 valence electrons. The second-order valence-corrected chi connectivity index (χ2v) is 6.95. The highest BCUT2D eigenvalue weighted by molar-refractivity contribution is 4.83. The largest absolute Gasteiger partial charge is 0.394 e. The van der Waals surface area contributed by atoms with E-state index < -0.39 is 0 Å². The molecule has 2 N–H and O–H groups in total. The number of aliphatic hydroxyl groups excluding tert-OH is 1. The van der Waals surface area contributed by atoms with Crippen LogP contribution in [0, 0.1) is 11.8 Å². The van der Waals surface area contributed by atoms with Crippen molar-refractivity contribution < 1.29 is 5.11 Å². The predicted molar refractivity (Wildman–Crippen MR) is 82.4 cm³/mol. The lowest BCUT2D eigenvalue weighted by molar-refractivity contribution is 0.124. The number of aliphatic hydroxyl groups is 1. The average molecular weight is 270 g/mol. The Balaban J connectivity index is 2.27. The Kier molecular flexibility index (Phi) is 7.33. The van der Waals surface area contributed by atoms with Crippen LogP contribution in [0.25, 0.3) is 0 Å². The molecular weight excluding hydrogens is 236 g/mol. The van der Waals surface area contributed by atoms with Crippen molar-refractivity contribution in [3.05, 3.63) is 0 Å². The van der Waals surface area contributed by atoms with E-state index in [1.54, 1.807) is 0 Å². The van der Waals surface area contributed by atoms with E-state index in [4.69, 9.17) is 0 Å². The molecule has 0 amide bonds. The first kappa shape index (κ1) is 16.9. The summed E-state index contributed by atoms with van der Waals surface area (Å²) < 4.78 is 0. The fraction of sp³-hybridized carbons (Fsp3) is 1.00. The summed E-state index contributed by atoms with van der Waals surface area (Å²) in [6.07, 6.45) is 4.73. The summed E-state index contributed by atoms with van der Waals surface area (Å²) in [4.78, 5) is 2.61. The van der Waals surface area contributed by atoms with E-state index in [0.717, 1.165) is 31.2 Å². The van der Waals surface area contributed by atoms with E-state index in [2.05, 4.69) is 37.9 Å². The summed E-state index contributed by atoms with van der Waals surface area (Å²) in [6, 6.07) is 0. The van der Waals surface area contributed by atoms with Gasteiger partial charge >= 0.3 is 0 Å². The van der Waals surface area contributed by atoms with E-state index in [0.29, 0.717) is 0 Å². The van der Waals surface area contributed by atoms with Crippen molar-refractivity contribution in [3.63, 3.8) is 0 Å². The van der Waals surface area contributed by atoms with Gasteiger partial charge in [0.1, 0.15) is 0 Å². The van der Waals surface area contributed by atoms with Crippen molar-refractivity contribution >= 4 is 0 Å². The Morgan fingerprint density at radius 2 is 1.89 bits per heavy atom. The quantitative estimate of drug-likeness (QED) is 0.711. The zero-order valence-electron chi connectivity index (χ0n) is 13.4. The van der Waals surface area contributed by atoms with Crippen molar-refractivity contribution in [3.8, 4) is 0 Å². The second kappa shape index (κ2) is 8.23. The molecule has 0 aromatic carbocycles. The molecule has 19 heavy (non-hydrogen) atoms. The van der Waals surface area contributed by atoms with E-state index in [1.165, 1.54) is 32.5 Å². The van der Waals surface area contributed by atoms with Gasteiger partial charge < -0.3 is 15.3 Å². The van der Waals surface area contributed by atoms with Crippen LogP contribution in [0.5, 0.6) is 0 Å². The monoisotopic (exact) mass is 270 g/mol. The lowest BCUT2D eigenvalue weighted by Gasteiger charge is -2.36. The molecule has 3 unspecified atom stereocenters. The smallest absolute Gasteiger partial charge is 0.0610 e. The molecule has 3 atom stereocenters. The molecule has 0 radical (unpaired) electrons. The van der Waals surface area contributed by atoms with Crippen LogP contribution in [0.4, 0.5) is 0 Å². The summed E-state index contributed by atoms with van der Waals surface area (Å²) in [5, 5.41) is 13.0. The zero-order chi connectivity index (χ0) is 14.3. The third-order valence-electron chi connectivity index (χ3n) is 4.30. The van der Waals surface area contributed by atoms with Gasteiger partial charge in [0.05, 0.1) is 6.61 Å². The summed E-state index contributed by atoms with van der Waals surface area (Å²) in [6.45, 7) is 14.0. The van der Waals surface area contributed by atoms with Crippen molar-refractivity contribution in [2.75, 3.05) is 32.8 Å². The Morgan fingerprint density at radius 1 is 1.26 bits per heavy atom. The molecule has 1 saturated heterocycles. The first-order chi connectivity index (χ1) is 8.99. The Morgan fingerprint density at radius 3 is 2.42 bits per heavy atom. The first-order valence-corrected chi connectivity index (χ1v) is 8.07. The van der Waals surface area contributed by atoms with Crippen LogP contribution < -0.4 is 5.32 Å². The molecular formula is C16H34N2O. The number of hydrogen-bond donors (Lipinski definition) is 2. The highest BCUT2D eigenvalue weighted by Crippen LogP contribution is 2.22. The Bertz CT molecular complexity index is 237. The number of rotatable bonds is 8. The lowest BCUT2D eigenvalue weighted by Crippen LogP contribution is -2.47. The van der Waals surface area contributed by atoms with E-state index in [1.807, 2.05) is 0 Å². The highest BCUT2D eigenvalue weighted by Gasteiger charge is 2.24. The molecule has 0 aromatic heterocycles. The fourth-order valence-corrected chi connectivity index (χ4v) is 3.32. The van der Waals surface area contributed by atoms with Gasteiger partial charge in [0.2, 0.25) is 0 Å². The third kappa shape index (κ3) is 6.24. The van der Waals surface area contributed by atoms with Gasteiger partial charge in [-0.05, 0) is 57.5 Å². The van der Waals surface area contributed by atoms with Crippen molar-refractivity contribution in [1.82, 2.24) is 10.2 Å². The van der Waals surface area contributed by atoms with Gasteiger partial charge in [0.25, 0.3) is 0 Å². The standard InChI is InChI=1S/C16H34N2O/c1-5-8-17-16(4,13-19)7-6-9-18-11-14(2)10-15(3)12-18/h14-15,17,19H,5-13H2,1-4H3. The SMILES string of the molecule is CCCNC(C)(CO)CCCN1CC(C)CC(C)C1. The topological polar surface area (TPSA) is 35.5 Å². The number of piperidine rings is 1. The van der Waals surface area contributed by atoms with Crippen molar-refractivity contribution in [1.29, 1.82) is 0 Å². The summed E-state index contributed by atoms with van der Waals surface area (Å²) in [5.74, 6) is 1.68. The lowest BCUT2D eigenvalue weighted by atomic mass is 9.91. The Labute approximate surface area is 119 Å². The molecule has 0 saturated carbocycles. The first-order valence-electron chi connectivity index (χ1n) is 8.07. The number of nitrogens with one attached hydrogen (secondary N) is 1. The molecule has 1 heterocycles. The van der Waals surface area contributed by atoms with Gasteiger partial charge in [-0.2, -0.15) is 0 Å². The van der Waals surface area contributed by atoms with E-state index in [9.17, 15) is 5.11 Å². The second-order valence-electron chi connectivity index (χ2n) is 6.95. The van der Waals surface area contributed by atoms with Gasteiger partial charge in [0.15, 0.2) is 0 Å². The molecule has 0 aliphatic carbocycles. The van der Waals surface area contributed by atoms with Gasteiger partial charge in [-0.25, -0.2) is 0 Å². The summed E-state index contributed by atoms with van der Waals surface area (Å²) in [7, 11) is 0. The fourth-order valence-electron chi connectivity index (χ4n) is 3.32. The maximum absolute atomic E-state index is 9.56. The van der Waals surface area contributed by atoms with Crippen LogP contribution in [-0.4, -0.2) is 48.3 Å². The molecule has 3 nitrogen and oxygen atoms in total. The molecule has 0 spiro atoms. The minimum atomic E-state index is -0.0942. The average Bonchev–Trinajstić information content (AvgIpc) is 2.35. The summed E-state index contributed by atoms with van der Waals surface area (Å²) >= 11 is 0. The molecule has 1 aliphatic rings. The predicted octanol–water partition coefficient (Wildman–Crippen LogP) is 2.50. The highest BCUT2D eigenvalue weighted by atomic mass is 16.3.